The van der Waals surface area contributed by atoms with E-state index >= 15 is 0 Å². The highest BCUT2D eigenvalue weighted by molar-refractivity contribution is 6.06. The second-order valence-electron chi connectivity index (χ2n) is 6.08. The summed E-state index contributed by atoms with van der Waals surface area (Å²) in [5, 5.41) is 2.91. The van der Waals surface area contributed by atoms with Gasteiger partial charge < -0.3 is 19.7 Å². The van der Waals surface area contributed by atoms with Crippen molar-refractivity contribution < 1.29 is 19.1 Å². The van der Waals surface area contributed by atoms with Gasteiger partial charge in [0.25, 0.3) is 11.8 Å². The van der Waals surface area contributed by atoms with Gasteiger partial charge >= 0.3 is 0 Å². The Bertz CT molecular complexity index is 819. The van der Waals surface area contributed by atoms with E-state index in [1.54, 1.807) is 23.1 Å². The van der Waals surface area contributed by atoms with Gasteiger partial charge in [-0.2, -0.15) is 0 Å². The molecule has 0 aliphatic carbocycles. The number of fused-ring (bicyclic) bond motifs is 1. The van der Waals surface area contributed by atoms with Gasteiger partial charge in [-0.3, -0.25) is 9.59 Å². The molecule has 1 aliphatic rings. The lowest BCUT2D eigenvalue weighted by atomic mass is 10.0. The third kappa shape index (κ3) is 3.70. The van der Waals surface area contributed by atoms with Crippen molar-refractivity contribution in [3.63, 3.8) is 0 Å². The average Bonchev–Trinajstić information content (AvgIpc) is 2.67. The van der Waals surface area contributed by atoms with Gasteiger partial charge in [0, 0.05) is 25.0 Å². The number of amides is 2. The number of nitrogens with one attached hydrogen (secondary N) is 1. The third-order valence-corrected chi connectivity index (χ3v) is 4.38. The van der Waals surface area contributed by atoms with Crippen LogP contribution >= 0.6 is 0 Å². The highest BCUT2D eigenvalue weighted by Gasteiger charge is 2.23. The molecule has 1 heterocycles. The topological polar surface area (TPSA) is 67.9 Å². The summed E-state index contributed by atoms with van der Waals surface area (Å²) in [7, 11) is 3.05. The van der Waals surface area contributed by atoms with Crippen molar-refractivity contribution in [3.8, 4) is 5.75 Å². The van der Waals surface area contributed by atoms with Crippen LogP contribution < -0.4 is 15.0 Å². The first-order chi connectivity index (χ1) is 12.6. The monoisotopic (exact) mass is 354 g/mol. The van der Waals surface area contributed by atoms with Crippen LogP contribution in [0.3, 0.4) is 0 Å². The first kappa shape index (κ1) is 17.9. The van der Waals surface area contributed by atoms with E-state index in [-0.39, 0.29) is 18.4 Å². The predicted molar refractivity (Wildman–Crippen MR) is 99.9 cm³/mol. The number of rotatable bonds is 5. The molecule has 0 aromatic heterocycles. The van der Waals surface area contributed by atoms with E-state index in [4.69, 9.17) is 9.47 Å². The Morgan fingerprint density at radius 2 is 1.96 bits per heavy atom. The minimum Gasteiger partial charge on any atom is -0.496 e. The van der Waals surface area contributed by atoms with Crippen LogP contribution in [0.2, 0.25) is 0 Å². The maximum Gasteiger partial charge on any atom is 0.259 e. The molecule has 1 N–H and O–H groups in total. The second-order valence-corrected chi connectivity index (χ2v) is 6.08. The standard InChI is InChI=1S/C20H22N2O4/c1-25-13-19(23)22-11-5-6-14-12-15(9-10-17(14)22)21-20(24)16-7-3-4-8-18(16)26-2/h3-4,7-10,12H,5-6,11,13H2,1-2H3,(H,21,24). The van der Waals surface area contributed by atoms with Crippen molar-refractivity contribution in [1.29, 1.82) is 0 Å². The van der Waals surface area contributed by atoms with Gasteiger partial charge in [0.2, 0.25) is 0 Å². The molecule has 26 heavy (non-hydrogen) atoms. The maximum atomic E-state index is 12.5. The van der Waals surface area contributed by atoms with Gasteiger partial charge in [0.15, 0.2) is 0 Å². The lowest BCUT2D eigenvalue weighted by Gasteiger charge is -2.29. The number of nitrogens with zero attached hydrogens (tertiary/aromatic N) is 1. The molecule has 3 rings (SSSR count). The smallest absolute Gasteiger partial charge is 0.259 e. The number of methoxy groups -OCH3 is 2. The quantitative estimate of drug-likeness (QED) is 0.896. The van der Waals surface area contributed by atoms with Crippen molar-refractivity contribution in [2.45, 2.75) is 12.8 Å². The first-order valence-electron chi connectivity index (χ1n) is 8.50. The summed E-state index contributed by atoms with van der Waals surface area (Å²) < 4.78 is 10.2. The Balaban J connectivity index is 1.81. The van der Waals surface area contributed by atoms with Crippen molar-refractivity contribution in [2.75, 3.05) is 37.6 Å². The summed E-state index contributed by atoms with van der Waals surface area (Å²) >= 11 is 0. The molecule has 136 valence electrons. The van der Waals surface area contributed by atoms with Crippen molar-refractivity contribution >= 4 is 23.2 Å². The predicted octanol–water partition coefficient (Wildman–Crippen LogP) is 2.87. The number of aryl methyl sites for hydroxylation is 1. The summed E-state index contributed by atoms with van der Waals surface area (Å²) in [6, 6.07) is 12.7. The molecule has 2 amide bonds. The highest BCUT2D eigenvalue weighted by Crippen LogP contribution is 2.30. The minimum atomic E-state index is -0.231. The SMILES string of the molecule is COCC(=O)N1CCCc2cc(NC(=O)c3ccccc3OC)ccc21. The van der Waals surface area contributed by atoms with E-state index in [0.29, 0.717) is 23.5 Å². The Kier molecular flexibility index (Phi) is 5.53. The lowest BCUT2D eigenvalue weighted by molar-refractivity contribution is -0.122. The fourth-order valence-corrected chi connectivity index (χ4v) is 3.17. The molecular formula is C20H22N2O4. The van der Waals surface area contributed by atoms with Gasteiger partial charge in [-0.15, -0.1) is 0 Å². The number of hydrogen-bond donors (Lipinski definition) is 1. The van der Waals surface area contributed by atoms with E-state index in [1.165, 1.54) is 14.2 Å². The Labute approximate surface area is 152 Å². The molecule has 1 aliphatic heterocycles. The number of carbonyl (C=O) groups excluding carboxylic acids is 2. The van der Waals surface area contributed by atoms with Gasteiger partial charge in [0.1, 0.15) is 12.4 Å². The fourth-order valence-electron chi connectivity index (χ4n) is 3.17. The molecule has 0 radical (unpaired) electrons. The van der Waals surface area contributed by atoms with E-state index < -0.39 is 0 Å². The molecule has 0 fully saturated rings. The summed E-state index contributed by atoms with van der Waals surface area (Å²) in [6.45, 7) is 0.744. The summed E-state index contributed by atoms with van der Waals surface area (Å²) in [5.41, 5.74) is 3.09. The lowest BCUT2D eigenvalue weighted by Crippen LogP contribution is -2.37. The number of para-hydroxylation sites is 1. The first-order valence-corrected chi connectivity index (χ1v) is 8.50. The normalized spacial score (nSPS) is 13.1. The molecule has 2 aromatic carbocycles. The minimum absolute atomic E-state index is 0.0562. The van der Waals surface area contributed by atoms with Crippen LogP contribution in [0, 0.1) is 0 Å². The number of benzene rings is 2. The number of carbonyl (C=O) groups is 2. The van der Waals surface area contributed by atoms with Crippen LogP contribution in [0.4, 0.5) is 11.4 Å². The Morgan fingerprint density at radius 1 is 1.15 bits per heavy atom. The van der Waals surface area contributed by atoms with Crippen LogP contribution in [0.15, 0.2) is 42.5 Å². The fraction of sp³-hybridized carbons (Fsp3) is 0.300. The summed E-state index contributed by atoms with van der Waals surface area (Å²) in [6.07, 6.45) is 1.75. The van der Waals surface area contributed by atoms with Crippen LogP contribution in [-0.4, -0.2) is 39.2 Å². The molecule has 0 saturated heterocycles. The van der Waals surface area contributed by atoms with Crippen molar-refractivity contribution in [2.24, 2.45) is 0 Å². The van der Waals surface area contributed by atoms with Crippen LogP contribution in [0.1, 0.15) is 22.3 Å². The molecule has 0 saturated carbocycles. The maximum absolute atomic E-state index is 12.5. The van der Waals surface area contributed by atoms with E-state index in [1.807, 2.05) is 24.3 Å². The van der Waals surface area contributed by atoms with E-state index in [0.717, 1.165) is 24.1 Å². The Hall–Kier alpha value is -2.86. The zero-order chi connectivity index (χ0) is 18.5. The van der Waals surface area contributed by atoms with Crippen LogP contribution in [0.25, 0.3) is 0 Å². The van der Waals surface area contributed by atoms with Gasteiger partial charge in [-0.25, -0.2) is 0 Å². The second kappa shape index (κ2) is 8.01. The number of hydrogen-bond acceptors (Lipinski definition) is 4. The van der Waals surface area contributed by atoms with Crippen LogP contribution in [-0.2, 0) is 16.0 Å². The average molecular weight is 354 g/mol. The molecular weight excluding hydrogens is 332 g/mol. The molecule has 0 atom stereocenters. The molecule has 6 heteroatoms. The Morgan fingerprint density at radius 3 is 2.73 bits per heavy atom. The van der Waals surface area contributed by atoms with Gasteiger partial charge in [-0.1, -0.05) is 12.1 Å². The number of anilines is 2. The van der Waals surface area contributed by atoms with Gasteiger partial charge in [0.05, 0.1) is 12.7 Å². The van der Waals surface area contributed by atoms with E-state index in [2.05, 4.69) is 5.32 Å². The zero-order valence-electron chi connectivity index (χ0n) is 15.0. The molecule has 2 aromatic rings. The van der Waals surface area contributed by atoms with E-state index in [9.17, 15) is 9.59 Å². The zero-order valence-corrected chi connectivity index (χ0v) is 15.0. The molecule has 0 bridgehead atoms. The molecule has 6 nitrogen and oxygen atoms in total. The summed E-state index contributed by atoms with van der Waals surface area (Å²) in [5.74, 6) is 0.240. The van der Waals surface area contributed by atoms with Gasteiger partial charge in [-0.05, 0) is 48.7 Å². The summed E-state index contributed by atoms with van der Waals surface area (Å²) in [4.78, 5) is 26.5. The molecule has 0 unspecified atom stereocenters. The van der Waals surface area contributed by atoms with Crippen molar-refractivity contribution in [1.82, 2.24) is 0 Å². The highest BCUT2D eigenvalue weighted by atomic mass is 16.5. The largest absolute Gasteiger partial charge is 0.496 e. The molecule has 0 spiro atoms. The third-order valence-electron chi connectivity index (χ3n) is 4.38. The van der Waals surface area contributed by atoms with Crippen LogP contribution in [0.5, 0.6) is 5.75 Å². The van der Waals surface area contributed by atoms with Crippen molar-refractivity contribution in [3.05, 3.63) is 53.6 Å². The number of ether oxygens (including phenoxy) is 2.